The minimum atomic E-state index is -0.559. The van der Waals surface area contributed by atoms with Crippen LogP contribution in [0, 0.1) is 12.7 Å². The number of hydroxylamine groups is 1. The fourth-order valence-electron chi connectivity index (χ4n) is 2.59. The molecule has 4 aromatic rings. The molecular weight excluding hydrogens is 403 g/mol. The summed E-state index contributed by atoms with van der Waals surface area (Å²) in [4.78, 5) is 15.9. The number of aryl methyl sites for hydroxylation is 1. The fourth-order valence-corrected chi connectivity index (χ4v) is 2.76. The van der Waals surface area contributed by atoms with Crippen molar-refractivity contribution in [1.29, 1.82) is 0 Å². The third-order valence-corrected chi connectivity index (χ3v) is 4.16. The van der Waals surface area contributed by atoms with E-state index in [0.29, 0.717) is 40.1 Å². The SMILES string of the molecule is Cc1nnc(CNc2nc3nccc(C(=Nc4ccc(F)c(Cl)c4)NO)c3[nH]2)o1. The second-order valence-electron chi connectivity index (χ2n) is 5.88. The smallest absolute Gasteiger partial charge is 0.235 e. The summed E-state index contributed by atoms with van der Waals surface area (Å²) in [6.45, 7) is 1.97. The highest BCUT2D eigenvalue weighted by molar-refractivity contribution is 6.31. The van der Waals surface area contributed by atoms with Gasteiger partial charge in [-0.2, -0.15) is 4.98 Å². The minimum Gasteiger partial charge on any atom is -0.424 e. The van der Waals surface area contributed by atoms with Gasteiger partial charge in [-0.15, -0.1) is 10.2 Å². The molecule has 0 aliphatic heterocycles. The van der Waals surface area contributed by atoms with E-state index >= 15 is 0 Å². The van der Waals surface area contributed by atoms with Crippen molar-refractivity contribution in [3.8, 4) is 0 Å². The molecule has 0 aliphatic rings. The lowest BCUT2D eigenvalue weighted by molar-refractivity contribution is 0.235. The van der Waals surface area contributed by atoms with Crippen molar-refractivity contribution < 1.29 is 14.0 Å². The van der Waals surface area contributed by atoms with Gasteiger partial charge in [0.25, 0.3) is 0 Å². The van der Waals surface area contributed by atoms with Gasteiger partial charge in [-0.25, -0.2) is 14.4 Å². The maximum atomic E-state index is 13.4. The Hall–Kier alpha value is -3.57. The van der Waals surface area contributed by atoms with Gasteiger partial charge in [-0.3, -0.25) is 10.7 Å². The number of imidazole rings is 1. The lowest BCUT2D eigenvalue weighted by Gasteiger charge is -2.06. The summed E-state index contributed by atoms with van der Waals surface area (Å²) in [5.41, 5.74) is 3.80. The standard InChI is InChI=1S/C17H14ClFN8O2/c1-8-25-26-13(29-8)7-21-17-23-14-10(4-5-20-16(14)24-17)15(27-28)22-9-2-3-12(19)11(18)6-9/h2-6,28H,7H2,1H3,(H,22,27)(H2,20,21,23,24). The van der Waals surface area contributed by atoms with Gasteiger partial charge in [0.1, 0.15) is 5.82 Å². The summed E-state index contributed by atoms with van der Waals surface area (Å²) in [6, 6.07) is 5.61. The Labute approximate surface area is 167 Å². The fraction of sp³-hybridized carbons (Fsp3) is 0.118. The summed E-state index contributed by atoms with van der Waals surface area (Å²) in [7, 11) is 0. The number of halogens is 2. The molecule has 3 aromatic heterocycles. The van der Waals surface area contributed by atoms with E-state index in [9.17, 15) is 9.60 Å². The van der Waals surface area contributed by atoms with E-state index in [1.54, 1.807) is 13.0 Å². The number of aliphatic imine (C=N–C) groups is 1. The summed E-state index contributed by atoms with van der Waals surface area (Å²) in [5, 5.41) is 20.2. The Morgan fingerprint density at radius 3 is 2.93 bits per heavy atom. The van der Waals surface area contributed by atoms with Gasteiger partial charge in [0.2, 0.25) is 17.7 Å². The third-order valence-electron chi connectivity index (χ3n) is 3.87. The van der Waals surface area contributed by atoms with E-state index in [2.05, 4.69) is 35.5 Å². The molecule has 0 radical (unpaired) electrons. The second-order valence-corrected chi connectivity index (χ2v) is 6.29. The van der Waals surface area contributed by atoms with Gasteiger partial charge >= 0.3 is 0 Å². The molecule has 0 aliphatic carbocycles. The van der Waals surface area contributed by atoms with Gasteiger partial charge < -0.3 is 14.7 Å². The van der Waals surface area contributed by atoms with Crippen LogP contribution in [-0.2, 0) is 6.54 Å². The van der Waals surface area contributed by atoms with Crippen LogP contribution in [0.4, 0.5) is 16.0 Å². The van der Waals surface area contributed by atoms with Gasteiger partial charge in [-0.1, -0.05) is 11.6 Å². The number of aromatic amines is 1. The first-order valence-electron chi connectivity index (χ1n) is 8.35. The summed E-state index contributed by atoms with van der Waals surface area (Å²) in [5.74, 6) is 0.826. The third kappa shape index (κ3) is 4.00. The average molecular weight is 417 g/mol. The molecule has 3 heterocycles. The molecule has 0 saturated carbocycles. The number of benzene rings is 1. The first-order valence-corrected chi connectivity index (χ1v) is 8.73. The Kier molecular flexibility index (Phi) is 5.06. The van der Waals surface area contributed by atoms with Crippen LogP contribution in [0.5, 0.6) is 0 Å². The number of rotatable bonds is 5. The monoisotopic (exact) mass is 416 g/mol. The molecule has 10 nitrogen and oxygen atoms in total. The number of nitrogens with one attached hydrogen (secondary N) is 3. The van der Waals surface area contributed by atoms with Crippen LogP contribution in [0.1, 0.15) is 17.3 Å². The first kappa shape index (κ1) is 18.8. The molecule has 4 rings (SSSR count). The number of hydrogen-bond donors (Lipinski definition) is 4. The van der Waals surface area contributed by atoms with E-state index < -0.39 is 5.82 Å². The summed E-state index contributed by atoms with van der Waals surface area (Å²) < 4.78 is 18.7. The number of anilines is 1. The number of pyridine rings is 1. The van der Waals surface area contributed by atoms with Gasteiger partial charge in [0, 0.05) is 18.7 Å². The molecule has 0 saturated heterocycles. The number of amidine groups is 1. The molecule has 1 aromatic carbocycles. The maximum absolute atomic E-state index is 13.4. The average Bonchev–Trinajstić information content (AvgIpc) is 3.32. The molecule has 148 valence electrons. The van der Waals surface area contributed by atoms with Crippen molar-refractivity contribution in [2.75, 3.05) is 5.32 Å². The lowest BCUT2D eigenvalue weighted by Crippen LogP contribution is -2.20. The van der Waals surface area contributed by atoms with Crippen LogP contribution in [0.15, 0.2) is 39.9 Å². The molecule has 0 fully saturated rings. The van der Waals surface area contributed by atoms with Crippen molar-refractivity contribution in [3.05, 3.63) is 58.6 Å². The second kappa shape index (κ2) is 7.81. The Morgan fingerprint density at radius 2 is 2.21 bits per heavy atom. The van der Waals surface area contributed by atoms with E-state index in [1.807, 2.05) is 5.48 Å². The van der Waals surface area contributed by atoms with Crippen LogP contribution in [0.25, 0.3) is 11.2 Å². The Bertz CT molecular complexity index is 1210. The Balaban J connectivity index is 1.65. The highest BCUT2D eigenvalue weighted by Gasteiger charge is 2.14. The van der Waals surface area contributed by atoms with Crippen molar-refractivity contribution in [2.45, 2.75) is 13.5 Å². The Morgan fingerprint density at radius 1 is 1.34 bits per heavy atom. The summed E-state index contributed by atoms with van der Waals surface area (Å²) >= 11 is 5.79. The minimum absolute atomic E-state index is 0.0762. The lowest BCUT2D eigenvalue weighted by atomic mass is 10.2. The maximum Gasteiger partial charge on any atom is 0.235 e. The molecule has 0 bridgehead atoms. The van der Waals surface area contributed by atoms with Crippen molar-refractivity contribution in [2.24, 2.45) is 4.99 Å². The molecule has 12 heteroatoms. The molecule has 0 amide bonds. The predicted octanol–water partition coefficient (Wildman–Crippen LogP) is 3.11. The number of fused-ring (bicyclic) bond motifs is 1. The quantitative estimate of drug-likeness (QED) is 0.221. The van der Waals surface area contributed by atoms with Gasteiger partial charge in [-0.05, 0) is 24.3 Å². The highest BCUT2D eigenvalue weighted by Crippen LogP contribution is 2.23. The van der Waals surface area contributed by atoms with Crippen molar-refractivity contribution in [3.63, 3.8) is 0 Å². The van der Waals surface area contributed by atoms with Crippen LogP contribution >= 0.6 is 11.6 Å². The number of aromatic nitrogens is 5. The summed E-state index contributed by atoms with van der Waals surface area (Å²) in [6.07, 6.45) is 1.52. The van der Waals surface area contributed by atoms with Crippen molar-refractivity contribution >= 4 is 40.2 Å². The highest BCUT2D eigenvalue weighted by atomic mass is 35.5. The van der Waals surface area contributed by atoms with Crippen molar-refractivity contribution in [1.82, 2.24) is 30.6 Å². The first-order chi connectivity index (χ1) is 14.0. The van der Waals surface area contributed by atoms with E-state index in [-0.39, 0.29) is 17.4 Å². The molecule has 29 heavy (non-hydrogen) atoms. The van der Waals surface area contributed by atoms with E-state index in [4.69, 9.17) is 16.0 Å². The molecular formula is C17H14ClFN8O2. The number of nitrogens with zero attached hydrogens (tertiary/aromatic N) is 5. The topological polar surface area (TPSA) is 137 Å². The zero-order valence-electron chi connectivity index (χ0n) is 14.9. The zero-order chi connectivity index (χ0) is 20.4. The van der Waals surface area contributed by atoms with Crippen LogP contribution in [0.3, 0.4) is 0 Å². The normalized spacial score (nSPS) is 11.8. The van der Waals surface area contributed by atoms with Crippen LogP contribution in [0.2, 0.25) is 5.02 Å². The molecule has 0 spiro atoms. The van der Waals surface area contributed by atoms with Gasteiger partial charge in [0.05, 0.1) is 22.8 Å². The van der Waals surface area contributed by atoms with Crippen LogP contribution < -0.4 is 10.8 Å². The zero-order valence-corrected chi connectivity index (χ0v) is 15.7. The molecule has 0 atom stereocenters. The molecule has 0 unspecified atom stereocenters. The van der Waals surface area contributed by atoms with E-state index in [1.165, 1.54) is 24.4 Å². The number of H-pyrrole nitrogens is 1. The predicted molar refractivity (Wildman–Crippen MR) is 103 cm³/mol. The molecule has 4 N–H and O–H groups in total. The van der Waals surface area contributed by atoms with Gasteiger partial charge in [0.15, 0.2) is 11.5 Å². The largest absolute Gasteiger partial charge is 0.424 e. The number of hydrogen-bond acceptors (Lipinski definition) is 8. The van der Waals surface area contributed by atoms with E-state index in [0.717, 1.165) is 0 Å². The van der Waals surface area contributed by atoms with Crippen LogP contribution in [-0.4, -0.2) is 36.2 Å².